The highest BCUT2D eigenvalue weighted by molar-refractivity contribution is 5.94. The summed E-state index contributed by atoms with van der Waals surface area (Å²) in [6, 6.07) is 1.28. The SMILES string of the molecule is NC(N)=NCCCC(NC(=O)C(Cc1ccc(O)cc1)NC(=O)C(N)Cc1cnc[nH]1)C(=O)NC(Cc1cnc[nH]1)C(=O)O. The first-order chi connectivity index (χ1) is 21.0. The highest BCUT2D eigenvalue weighted by Gasteiger charge is 2.31. The third-order valence-electron chi connectivity index (χ3n) is 6.51. The number of carbonyl (C=O) groups excluding carboxylic acids is 3. The van der Waals surface area contributed by atoms with Gasteiger partial charge in [-0.3, -0.25) is 19.4 Å². The van der Waals surface area contributed by atoms with Crippen LogP contribution in [0, 0.1) is 0 Å². The molecule has 1 aromatic carbocycles. The number of phenolic OH excluding ortho intramolecular Hbond substituents is 1. The first kappa shape index (κ1) is 33.1. The second-order valence-corrected chi connectivity index (χ2v) is 10.0. The van der Waals surface area contributed by atoms with Crippen molar-refractivity contribution in [1.29, 1.82) is 0 Å². The third-order valence-corrected chi connectivity index (χ3v) is 6.51. The van der Waals surface area contributed by atoms with Crippen molar-refractivity contribution < 1.29 is 29.4 Å². The molecule has 0 saturated carbocycles. The molecule has 0 radical (unpaired) electrons. The molecule has 17 nitrogen and oxygen atoms in total. The molecule has 44 heavy (non-hydrogen) atoms. The van der Waals surface area contributed by atoms with Gasteiger partial charge in [0.1, 0.15) is 23.9 Å². The molecule has 3 aromatic rings. The predicted molar refractivity (Wildman–Crippen MR) is 158 cm³/mol. The molecule has 2 heterocycles. The number of phenols is 1. The van der Waals surface area contributed by atoms with Gasteiger partial charge in [-0.25, -0.2) is 14.8 Å². The fraction of sp³-hybridized carbons (Fsp3) is 0.370. The molecule has 0 saturated heterocycles. The molecule has 3 amide bonds. The van der Waals surface area contributed by atoms with Crippen molar-refractivity contribution in [3.63, 3.8) is 0 Å². The maximum absolute atomic E-state index is 13.6. The van der Waals surface area contributed by atoms with Gasteiger partial charge in [-0.1, -0.05) is 12.1 Å². The Morgan fingerprint density at radius 1 is 0.818 bits per heavy atom. The summed E-state index contributed by atoms with van der Waals surface area (Å²) >= 11 is 0. The van der Waals surface area contributed by atoms with Crippen LogP contribution >= 0.6 is 0 Å². The number of H-pyrrole nitrogens is 2. The van der Waals surface area contributed by atoms with Crippen molar-refractivity contribution in [3.8, 4) is 5.75 Å². The van der Waals surface area contributed by atoms with Crippen LogP contribution < -0.4 is 33.2 Å². The number of nitrogens with zero attached hydrogens (tertiary/aromatic N) is 3. The van der Waals surface area contributed by atoms with Crippen LogP contribution in [0.5, 0.6) is 5.75 Å². The summed E-state index contributed by atoms with van der Waals surface area (Å²) in [4.78, 5) is 69.2. The van der Waals surface area contributed by atoms with Gasteiger partial charge in [0, 0.05) is 49.6 Å². The number of rotatable bonds is 17. The van der Waals surface area contributed by atoms with E-state index in [2.05, 4.69) is 40.9 Å². The molecule has 3 rings (SSSR count). The predicted octanol–water partition coefficient (Wildman–Crippen LogP) is -2.21. The van der Waals surface area contributed by atoms with E-state index >= 15 is 0 Å². The van der Waals surface area contributed by atoms with Crippen molar-refractivity contribution in [1.82, 2.24) is 35.9 Å². The molecule has 13 N–H and O–H groups in total. The van der Waals surface area contributed by atoms with Gasteiger partial charge in [0.15, 0.2) is 5.96 Å². The van der Waals surface area contributed by atoms with Crippen molar-refractivity contribution in [2.75, 3.05) is 6.54 Å². The quantitative estimate of drug-likeness (QED) is 0.0443. The Balaban J connectivity index is 1.79. The summed E-state index contributed by atoms with van der Waals surface area (Å²) in [7, 11) is 0. The minimum atomic E-state index is -1.33. The third kappa shape index (κ3) is 10.8. The van der Waals surface area contributed by atoms with Crippen LogP contribution in [-0.4, -0.2) is 90.5 Å². The van der Waals surface area contributed by atoms with Gasteiger partial charge in [-0.05, 0) is 30.5 Å². The lowest BCUT2D eigenvalue weighted by Gasteiger charge is -2.25. The minimum Gasteiger partial charge on any atom is -0.508 e. The second-order valence-electron chi connectivity index (χ2n) is 10.0. The number of hydrogen-bond donors (Lipinski definition) is 10. The van der Waals surface area contributed by atoms with Crippen LogP contribution in [0.4, 0.5) is 0 Å². The van der Waals surface area contributed by atoms with E-state index in [1.54, 1.807) is 12.1 Å². The number of carboxylic acids is 1. The number of nitrogens with two attached hydrogens (primary N) is 3. The smallest absolute Gasteiger partial charge is 0.326 e. The lowest BCUT2D eigenvalue weighted by atomic mass is 10.0. The van der Waals surface area contributed by atoms with Gasteiger partial charge in [0.25, 0.3) is 0 Å². The van der Waals surface area contributed by atoms with E-state index in [1.165, 1.54) is 37.2 Å². The Labute approximate surface area is 252 Å². The van der Waals surface area contributed by atoms with Gasteiger partial charge in [-0.15, -0.1) is 0 Å². The number of amides is 3. The van der Waals surface area contributed by atoms with Gasteiger partial charge >= 0.3 is 5.97 Å². The number of aromatic amines is 2. The number of aliphatic imine (C=N–C) groups is 1. The van der Waals surface area contributed by atoms with E-state index in [4.69, 9.17) is 17.2 Å². The molecule has 0 bridgehead atoms. The van der Waals surface area contributed by atoms with Crippen molar-refractivity contribution in [2.45, 2.75) is 56.3 Å². The van der Waals surface area contributed by atoms with E-state index in [-0.39, 0.29) is 50.4 Å². The number of aromatic nitrogens is 4. The summed E-state index contributed by atoms with van der Waals surface area (Å²) in [5, 5.41) is 27.1. The molecule has 0 aliphatic heterocycles. The van der Waals surface area contributed by atoms with Gasteiger partial charge in [-0.2, -0.15) is 0 Å². The fourth-order valence-electron chi connectivity index (χ4n) is 4.22. The number of imidazole rings is 2. The van der Waals surface area contributed by atoms with Crippen molar-refractivity contribution in [3.05, 3.63) is 66.3 Å². The number of carbonyl (C=O) groups is 4. The van der Waals surface area contributed by atoms with Crippen LogP contribution in [0.2, 0.25) is 0 Å². The lowest BCUT2D eigenvalue weighted by molar-refractivity contribution is -0.142. The molecular weight excluding hydrogens is 574 g/mol. The standard InChI is InChI=1S/C27H37N11O6/c28-19(9-16-11-31-13-34-16)23(40)37-21(8-15-3-5-18(39)6-4-15)25(42)36-20(2-1-7-33-27(29)30)24(41)38-22(26(43)44)10-17-12-32-14-35-17/h3-6,11-14,19-22,39H,1-2,7-10,28H2,(H,31,34)(H,32,35)(H,36,42)(H,37,40)(H,38,41)(H,43,44)(H4,29,30,33). The zero-order chi connectivity index (χ0) is 32.1. The summed E-state index contributed by atoms with van der Waals surface area (Å²) in [5.74, 6) is -3.53. The Kier molecular flexibility index (Phi) is 12.2. The average molecular weight is 612 g/mol. The first-order valence-corrected chi connectivity index (χ1v) is 13.7. The number of hydrogen-bond acceptors (Lipinski definition) is 9. The van der Waals surface area contributed by atoms with Crippen LogP contribution in [0.15, 0.2) is 54.3 Å². The van der Waals surface area contributed by atoms with Gasteiger partial charge < -0.3 is 53.3 Å². The monoisotopic (exact) mass is 611 g/mol. The topological polar surface area (TPSA) is 293 Å². The van der Waals surface area contributed by atoms with Crippen LogP contribution in [0.3, 0.4) is 0 Å². The maximum atomic E-state index is 13.6. The summed E-state index contributed by atoms with van der Waals surface area (Å²) in [5.41, 5.74) is 18.5. The van der Waals surface area contributed by atoms with Crippen molar-refractivity contribution in [2.24, 2.45) is 22.2 Å². The molecule has 4 atom stereocenters. The summed E-state index contributed by atoms with van der Waals surface area (Å²) < 4.78 is 0. The lowest BCUT2D eigenvalue weighted by Crippen LogP contribution is -2.58. The molecule has 236 valence electrons. The van der Waals surface area contributed by atoms with Gasteiger partial charge in [0.05, 0.1) is 18.7 Å². The summed E-state index contributed by atoms with van der Waals surface area (Å²) in [6.07, 6.45) is 6.14. The Bertz CT molecular complexity index is 1390. The van der Waals surface area contributed by atoms with Crippen LogP contribution in [0.1, 0.15) is 29.8 Å². The molecule has 2 aromatic heterocycles. The Morgan fingerprint density at radius 3 is 1.95 bits per heavy atom. The molecule has 0 fully saturated rings. The highest BCUT2D eigenvalue weighted by Crippen LogP contribution is 2.12. The number of nitrogens with one attached hydrogen (secondary N) is 5. The largest absolute Gasteiger partial charge is 0.508 e. The number of aliphatic carboxylic acids is 1. The van der Waals surface area contributed by atoms with E-state index in [9.17, 15) is 29.4 Å². The zero-order valence-corrected chi connectivity index (χ0v) is 23.8. The van der Waals surface area contributed by atoms with E-state index in [1.807, 2.05) is 0 Å². The number of guanidine groups is 1. The number of aromatic hydroxyl groups is 1. The number of carboxylic acid groups (broad SMARTS) is 1. The maximum Gasteiger partial charge on any atom is 0.326 e. The van der Waals surface area contributed by atoms with Crippen LogP contribution in [-0.2, 0) is 38.4 Å². The molecule has 0 aliphatic carbocycles. The van der Waals surface area contributed by atoms with E-state index in [0.717, 1.165) is 0 Å². The minimum absolute atomic E-state index is 0.00541. The van der Waals surface area contributed by atoms with Crippen LogP contribution in [0.25, 0.3) is 0 Å². The zero-order valence-electron chi connectivity index (χ0n) is 23.8. The first-order valence-electron chi connectivity index (χ1n) is 13.7. The van der Waals surface area contributed by atoms with E-state index < -0.39 is 47.9 Å². The van der Waals surface area contributed by atoms with Gasteiger partial charge in [0.2, 0.25) is 17.7 Å². The Hall–Kier alpha value is -5.45. The molecule has 17 heteroatoms. The molecule has 0 spiro atoms. The molecular formula is C27H37N11O6. The highest BCUT2D eigenvalue weighted by atomic mass is 16.4. The normalized spacial score (nSPS) is 13.6. The van der Waals surface area contributed by atoms with E-state index in [0.29, 0.717) is 17.0 Å². The Morgan fingerprint density at radius 2 is 1.39 bits per heavy atom. The summed E-state index contributed by atoms with van der Waals surface area (Å²) in [6.45, 7) is 0.147. The molecule has 0 aliphatic rings. The van der Waals surface area contributed by atoms with Crippen molar-refractivity contribution >= 4 is 29.7 Å². The fourth-order valence-corrected chi connectivity index (χ4v) is 4.22. The average Bonchev–Trinajstić information content (AvgIpc) is 3.69. The second kappa shape index (κ2) is 16.3. The molecule has 4 unspecified atom stereocenters. The number of benzene rings is 1.